The SMILES string of the molecule is Cc1nc(S[C@H](C(=O)NC2CC2)c2ccccc2)c2ccccc2n1. The Morgan fingerprint density at radius 1 is 1.08 bits per heavy atom. The van der Waals surface area contributed by atoms with Crippen LogP contribution in [0.15, 0.2) is 59.6 Å². The molecular formula is C20H19N3OS. The summed E-state index contributed by atoms with van der Waals surface area (Å²) in [6.45, 7) is 1.89. The summed E-state index contributed by atoms with van der Waals surface area (Å²) >= 11 is 1.50. The maximum Gasteiger partial charge on any atom is 0.238 e. The molecular weight excluding hydrogens is 330 g/mol. The normalized spacial score (nSPS) is 15.1. The van der Waals surface area contributed by atoms with E-state index in [0.717, 1.165) is 40.2 Å². The lowest BCUT2D eigenvalue weighted by Crippen LogP contribution is -2.29. The molecule has 3 aromatic rings. The van der Waals surface area contributed by atoms with Crippen molar-refractivity contribution in [2.75, 3.05) is 0 Å². The Bertz CT molecular complexity index is 909. The fourth-order valence-electron chi connectivity index (χ4n) is 2.77. The molecule has 1 atom stereocenters. The molecule has 1 fully saturated rings. The lowest BCUT2D eigenvalue weighted by atomic mass is 10.1. The minimum atomic E-state index is -0.320. The van der Waals surface area contributed by atoms with Gasteiger partial charge in [0, 0.05) is 11.4 Å². The zero-order chi connectivity index (χ0) is 17.2. The number of carbonyl (C=O) groups is 1. The van der Waals surface area contributed by atoms with Crippen LogP contribution in [0.5, 0.6) is 0 Å². The summed E-state index contributed by atoms with van der Waals surface area (Å²) in [5, 5.41) is 4.65. The first-order chi connectivity index (χ1) is 12.2. The predicted octanol–water partition coefficient (Wildman–Crippen LogP) is 4.05. The monoisotopic (exact) mass is 349 g/mol. The van der Waals surface area contributed by atoms with Gasteiger partial charge in [-0.1, -0.05) is 60.3 Å². The van der Waals surface area contributed by atoms with Gasteiger partial charge in [0.2, 0.25) is 5.91 Å². The van der Waals surface area contributed by atoms with Gasteiger partial charge in [0.15, 0.2) is 0 Å². The van der Waals surface area contributed by atoms with Crippen LogP contribution in [0, 0.1) is 6.92 Å². The van der Waals surface area contributed by atoms with E-state index in [0.29, 0.717) is 6.04 Å². The van der Waals surface area contributed by atoms with Crippen LogP contribution in [0.1, 0.15) is 29.5 Å². The van der Waals surface area contributed by atoms with E-state index in [-0.39, 0.29) is 11.2 Å². The summed E-state index contributed by atoms with van der Waals surface area (Å²) < 4.78 is 0. The molecule has 5 heteroatoms. The Labute approximate surface area is 151 Å². The number of hydrogen-bond donors (Lipinski definition) is 1. The summed E-state index contributed by atoms with van der Waals surface area (Å²) in [4.78, 5) is 22.0. The van der Waals surface area contributed by atoms with Crippen molar-refractivity contribution in [2.45, 2.75) is 36.1 Å². The zero-order valence-electron chi connectivity index (χ0n) is 14.0. The number of rotatable bonds is 5. The number of amides is 1. The first-order valence-corrected chi connectivity index (χ1v) is 9.34. The summed E-state index contributed by atoms with van der Waals surface area (Å²) in [5.74, 6) is 0.773. The second-order valence-corrected chi connectivity index (χ2v) is 7.38. The fraction of sp³-hybridized carbons (Fsp3) is 0.250. The fourth-order valence-corrected chi connectivity index (χ4v) is 3.94. The van der Waals surface area contributed by atoms with Crippen LogP contribution in [-0.2, 0) is 4.79 Å². The summed E-state index contributed by atoms with van der Waals surface area (Å²) in [6.07, 6.45) is 2.15. The molecule has 1 amide bonds. The van der Waals surface area contributed by atoms with Gasteiger partial charge in [-0.05, 0) is 31.4 Å². The highest BCUT2D eigenvalue weighted by molar-refractivity contribution is 8.00. The Morgan fingerprint density at radius 3 is 2.56 bits per heavy atom. The van der Waals surface area contributed by atoms with Crippen molar-refractivity contribution in [3.05, 3.63) is 66.0 Å². The predicted molar refractivity (Wildman–Crippen MR) is 100 cm³/mol. The van der Waals surface area contributed by atoms with Gasteiger partial charge in [-0.15, -0.1) is 0 Å². The van der Waals surface area contributed by atoms with Crippen molar-refractivity contribution in [3.63, 3.8) is 0 Å². The van der Waals surface area contributed by atoms with E-state index in [1.807, 2.05) is 61.5 Å². The minimum absolute atomic E-state index is 0.0547. The number of aromatic nitrogens is 2. The van der Waals surface area contributed by atoms with Gasteiger partial charge in [-0.3, -0.25) is 4.79 Å². The third kappa shape index (κ3) is 3.66. The largest absolute Gasteiger partial charge is 0.352 e. The molecule has 4 rings (SSSR count). The van der Waals surface area contributed by atoms with E-state index in [1.54, 1.807) is 0 Å². The maximum absolute atomic E-state index is 12.8. The number of para-hydroxylation sites is 1. The van der Waals surface area contributed by atoms with Crippen molar-refractivity contribution in [2.24, 2.45) is 0 Å². The summed E-state index contributed by atoms with van der Waals surface area (Å²) in [7, 11) is 0. The van der Waals surface area contributed by atoms with Crippen LogP contribution in [-0.4, -0.2) is 21.9 Å². The first-order valence-electron chi connectivity index (χ1n) is 8.46. The van der Waals surface area contributed by atoms with E-state index >= 15 is 0 Å². The number of nitrogens with zero attached hydrogens (tertiary/aromatic N) is 2. The van der Waals surface area contributed by atoms with E-state index in [4.69, 9.17) is 0 Å². The lowest BCUT2D eigenvalue weighted by Gasteiger charge is -2.17. The number of thioether (sulfide) groups is 1. The number of aryl methyl sites for hydroxylation is 1. The number of nitrogens with one attached hydrogen (secondary N) is 1. The third-order valence-corrected chi connectivity index (χ3v) is 5.43. The molecule has 25 heavy (non-hydrogen) atoms. The maximum atomic E-state index is 12.8. The molecule has 0 spiro atoms. The summed E-state index contributed by atoms with van der Waals surface area (Å²) in [5.41, 5.74) is 1.90. The molecule has 1 N–H and O–H groups in total. The van der Waals surface area contributed by atoms with Crippen molar-refractivity contribution in [3.8, 4) is 0 Å². The van der Waals surface area contributed by atoms with E-state index in [1.165, 1.54) is 11.8 Å². The van der Waals surface area contributed by atoms with Crippen LogP contribution in [0.2, 0.25) is 0 Å². The third-order valence-electron chi connectivity index (χ3n) is 4.17. The smallest absolute Gasteiger partial charge is 0.238 e. The second kappa shape index (κ2) is 6.84. The van der Waals surface area contributed by atoms with Gasteiger partial charge in [0.05, 0.1) is 5.52 Å². The molecule has 0 radical (unpaired) electrons. The molecule has 1 heterocycles. The van der Waals surface area contributed by atoms with Gasteiger partial charge < -0.3 is 5.32 Å². The topological polar surface area (TPSA) is 54.9 Å². The molecule has 0 saturated heterocycles. The van der Waals surface area contributed by atoms with Gasteiger partial charge in [-0.2, -0.15) is 0 Å². The Balaban J connectivity index is 1.72. The quantitative estimate of drug-likeness (QED) is 0.558. The highest BCUT2D eigenvalue weighted by atomic mass is 32.2. The van der Waals surface area contributed by atoms with Crippen molar-refractivity contribution in [1.82, 2.24) is 15.3 Å². The van der Waals surface area contributed by atoms with Gasteiger partial charge in [0.1, 0.15) is 16.1 Å². The Kier molecular flexibility index (Phi) is 4.40. The molecule has 126 valence electrons. The highest BCUT2D eigenvalue weighted by Gasteiger charge is 2.29. The highest BCUT2D eigenvalue weighted by Crippen LogP contribution is 2.38. The van der Waals surface area contributed by atoms with Crippen LogP contribution >= 0.6 is 11.8 Å². The molecule has 4 nitrogen and oxygen atoms in total. The lowest BCUT2D eigenvalue weighted by molar-refractivity contribution is -0.120. The molecule has 0 unspecified atom stereocenters. The minimum Gasteiger partial charge on any atom is -0.352 e. The van der Waals surface area contributed by atoms with Gasteiger partial charge in [-0.25, -0.2) is 9.97 Å². The summed E-state index contributed by atoms with van der Waals surface area (Å²) in [6, 6.07) is 18.2. The van der Waals surface area contributed by atoms with Gasteiger partial charge in [0.25, 0.3) is 0 Å². The molecule has 1 aromatic heterocycles. The zero-order valence-corrected chi connectivity index (χ0v) is 14.8. The van der Waals surface area contributed by atoms with E-state index in [9.17, 15) is 4.79 Å². The molecule has 2 aromatic carbocycles. The van der Waals surface area contributed by atoms with Crippen molar-refractivity contribution in [1.29, 1.82) is 0 Å². The number of carbonyl (C=O) groups excluding carboxylic acids is 1. The number of hydrogen-bond acceptors (Lipinski definition) is 4. The average Bonchev–Trinajstić information content (AvgIpc) is 3.44. The van der Waals surface area contributed by atoms with Crippen LogP contribution < -0.4 is 5.32 Å². The molecule has 1 saturated carbocycles. The number of fused-ring (bicyclic) bond motifs is 1. The molecule has 1 aliphatic rings. The molecule has 0 aliphatic heterocycles. The molecule has 1 aliphatic carbocycles. The Morgan fingerprint density at radius 2 is 1.80 bits per heavy atom. The van der Waals surface area contributed by atoms with Crippen molar-refractivity contribution < 1.29 is 4.79 Å². The first kappa shape index (κ1) is 16.1. The standard InChI is InChI=1S/C20H19N3OS/c1-13-21-17-10-6-5-9-16(17)20(22-13)25-18(14-7-3-2-4-8-14)19(24)23-15-11-12-15/h2-10,15,18H,11-12H2,1H3,(H,23,24)/t18-/m0/s1. The second-order valence-electron chi connectivity index (χ2n) is 6.28. The van der Waals surface area contributed by atoms with E-state index < -0.39 is 0 Å². The molecule has 0 bridgehead atoms. The van der Waals surface area contributed by atoms with Crippen LogP contribution in [0.4, 0.5) is 0 Å². The van der Waals surface area contributed by atoms with E-state index in [2.05, 4.69) is 15.3 Å². The van der Waals surface area contributed by atoms with Crippen LogP contribution in [0.3, 0.4) is 0 Å². The van der Waals surface area contributed by atoms with Gasteiger partial charge >= 0.3 is 0 Å². The Hall–Kier alpha value is -2.40. The van der Waals surface area contributed by atoms with Crippen molar-refractivity contribution >= 4 is 28.6 Å². The number of benzene rings is 2. The average molecular weight is 349 g/mol. The van der Waals surface area contributed by atoms with Crippen LogP contribution in [0.25, 0.3) is 10.9 Å².